The lowest BCUT2D eigenvalue weighted by atomic mass is 10.2. The molecule has 10 heteroatoms. The van der Waals surface area contributed by atoms with Crippen LogP contribution in [0.2, 0.25) is 19.6 Å². The van der Waals surface area contributed by atoms with Crippen molar-refractivity contribution in [1.82, 2.24) is 0 Å². The summed E-state index contributed by atoms with van der Waals surface area (Å²) < 4.78 is 56.7. The molecule has 0 fully saturated rings. The molecule has 0 saturated carbocycles. The normalized spacial score (nSPS) is 14.5. The molecule has 0 radical (unpaired) electrons. The van der Waals surface area contributed by atoms with E-state index in [2.05, 4.69) is 4.18 Å². The Morgan fingerprint density at radius 1 is 1.05 bits per heavy atom. The van der Waals surface area contributed by atoms with Gasteiger partial charge in [0.25, 0.3) is 0 Å². The van der Waals surface area contributed by atoms with E-state index in [1.807, 2.05) is 0 Å². The van der Waals surface area contributed by atoms with Crippen LogP contribution < -0.4 is 0 Å². The molecule has 0 rings (SSSR count). The fraction of sp³-hybridized carbons (Fsp3) is 1.00. The van der Waals surface area contributed by atoms with Crippen molar-refractivity contribution in [2.75, 3.05) is 13.2 Å². The van der Waals surface area contributed by atoms with E-state index in [-0.39, 0.29) is 13.2 Å². The molecule has 0 aromatic rings. The average molecular weight is 333 g/mol. The smallest absolute Gasteiger partial charge is 0.390 e. The summed E-state index contributed by atoms with van der Waals surface area (Å²) in [5, 5.41) is 0. The summed E-state index contributed by atoms with van der Waals surface area (Å²) in [5.74, 6) is 0. The SMILES string of the molecule is C[Si](C)(C)OS(=O)(=O)OCCCCCCOS(=O)[O-]. The summed E-state index contributed by atoms with van der Waals surface area (Å²) in [6, 6.07) is 0. The highest BCUT2D eigenvalue weighted by Gasteiger charge is 2.24. The molecule has 0 aliphatic carbocycles. The molecular weight excluding hydrogens is 312 g/mol. The van der Waals surface area contributed by atoms with Gasteiger partial charge in [0.1, 0.15) is 0 Å². The molecule has 7 nitrogen and oxygen atoms in total. The molecule has 0 aliphatic heterocycles. The summed E-state index contributed by atoms with van der Waals surface area (Å²) in [6.45, 7) is 5.49. The highest BCUT2D eigenvalue weighted by atomic mass is 32.3. The van der Waals surface area contributed by atoms with Crippen LogP contribution in [-0.2, 0) is 34.0 Å². The first-order valence-corrected chi connectivity index (χ1v) is 11.7. The second-order valence-electron chi connectivity index (χ2n) is 4.87. The third-order valence-corrected chi connectivity index (χ3v) is 5.43. The molecular formula is C9H21O7S2Si-. The lowest BCUT2D eigenvalue weighted by molar-refractivity contribution is 0.259. The van der Waals surface area contributed by atoms with Gasteiger partial charge in [-0.3, -0.25) is 3.87 Å². The summed E-state index contributed by atoms with van der Waals surface area (Å²) in [7, 11) is -6.07. The lowest BCUT2D eigenvalue weighted by Gasteiger charge is -2.15. The highest BCUT2D eigenvalue weighted by molar-refractivity contribution is 7.83. The molecule has 0 aliphatic rings. The molecule has 0 spiro atoms. The second-order valence-corrected chi connectivity index (χ2v) is 11.5. The van der Waals surface area contributed by atoms with Crippen molar-refractivity contribution in [1.29, 1.82) is 0 Å². The Labute approximate surface area is 118 Å². The Morgan fingerprint density at radius 2 is 1.58 bits per heavy atom. The fourth-order valence-electron chi connectivity index (χ4n) is 1.18. The first kappa shape index (κ1) is 19.2. The molecule has 19 heavy (non-hydrogen) atoms. The maximum atomic E-state index is 11.4. The van der Waals surface area contributed by atoms with Crippen molar-refractivity contribution in [3.05, 3.63) is 0 Å². The molecule has 0 saturated heterocycles. The van der Waals surface area contributed by atoms with Gasteiger partial charge < -0.3 is 8.74 Å². The zero-order chi connectivity index (χ0) is 14.9. The molecule has 1 atom stereocenters. The molecule has 0 amide bonds. The van der Waals surface area contributed by atoms with Gasteiger partial charge in [0.15, 0.2) is 0 Å². The molecule has 116 valence electrons. The summed E-state index contributed by atoms with van der Waals surface area (Å²) in [6.07, 6.45) is 2.65. The van der Waals surface area contributed by atoms with Crippen LogP contribution in [0.3, 0.4) is 0 Å². The number of hydrogen-bond donors (Lipinski definition) is 0. The summed E-state index contributed by atoms with van der Waals surface area (Å²) in [4.78, 5) is 0. The van der Waals surface area contributed by atoms with E-state index < -0.39 is 30.1 Å². The predicted octanol–water partition coefficient (Wildman–Crippen LogP) is 1.47. The average Bonchev–Trinajstić information content (AvgIpc) is 2.17. The zero-order valence-electron chi connectivity index (χ0n) is 11.4. The standard InChI is InChI=1S/C9H22O7S2Si/c1-19(2,3)16-18(12,13)15-9-7-5-4-6-8-14-17(10)11/h4-9H2,1-3H3,(H,10,11)/p-1. The molecule has 1 unspecified atom stereocenters. The van der Waals surface area contributed by atoms with E-state index in [1.165, 1.54) is 0 Å². The minimum Gasteiger partial charge on any atom is -0.750 e. The van der Waals surface area contributed by atoms with E-state index in [1.54, 1.807) is 19.6 Å². The van der Waals surface area contributed by atoms with Crippen molar-refractivity contribution in [3.63, 3.8) is 0 Å². The van der Waals surface area contributed by atoms with E-state index in [9.17, 15) is 17.2 Å². The Morgan fingerprint density at radius 3 is 2.05 bits per heavy atom. The van der Waals surface area contributed by atoms with Crippen molar-refractivity contribution in [2.45, 2.75) is 45.3 Å². The predicted molar refractivity (Wildman–Crippen MR) is 72.6 cm³/mol. The lowest BCUT2D eigenvalue weighted by Crippen LogP contribution is -2.30. The van der Waals surface area contributed by atoms with E-state index in [4.69, 9.17) is 8.06 Å². The number of unbranched alkanes of at least 4 members (excludes halogenated alkanes) is 3. The number of rotatable bonds is 11. The third kappa shape index (κ3) is 14.4. The largest absolute Gasteiger partial charge is 0.750 e. The quantitative estimate of drug-likeness (QED) is 0.320. The van der Waals surface area contributed by atoms with Crippen molar-refractivity contribution in [2.24, 2.45) is 0 Å². The molecule has 0 aromatic carbocycles. The molecule has 0 aromatic heterocycles. The van der Waals surface area contributed by atoms with Gasteiger partial charge in [0, 0.05) is 0 Å². The van der Waals surface area contributed by atoms with Gasteiger partial charge in [-0.2, -0.15) is 8.42 Å². The zero-order valence-corrected chi connectivity index (χ0v) is 14.0. The maximum absolute atomic E-state index is 11.4. The van der Waals surface area contributed by atoms with Gasteiger partial charge in [0.05, 0.1) is 24.6 Å². The minimum absolute atomic E-state index is 0.0706. The molecule has 0 bridgehead atoms. The van der Waals surface area contributed by atoms with Crippen LogP contribution in [-0.4, -0.2) is 38.7 Å². The minimum atomic E-state index is -3.89. The van der Waals surface area contributed by atoms with Gasteiger partial charge in [-0.05, 0) is 32.5 Å². The van der Waals surface area contributed by atoms with Gasteiger partial charge in [-0.25, -0.2) is 8.39 Å². The van der Waals surface area contributed by atoms with Gasteiger partial charge in [-0.15, -0.1) is 0 Å². The van der Waals surface area contributed by atoms with Gasteiger partial charge in [-0.1, -0.05) is 12.8 Å². The Bertz CT molecular complexity index is 363. The first-order chi connectivity index (χ1) is 8.62. The second kappa shape index (κ2) is 9.16. The van der Waals surface area contributed by atoms with Gasteiger partial charge >= 0.3 is 10.4 Å². The first-order valence-electron chi connectivity index (χ1n) is 5.95. The summed E-state index contributed by atoms with van der Waals surface area (Å²) in [5.41, 5.74) is 0. The topological polar surface area (TPSA) is 102 Å². The van der Waals surface area contributed by atoms with Crippen LogP contribution in [0.15, 0.2) is 0 Å². The van der Waals surface area contributed by atoms with Crippen molar-refractivity contribution >= 4 is 30.1 Å². The van der Waals surface area contributed by atoms with Crippen LogP contribution in [0.4, 0.5) is 0 Å². The van der Waals surface area contributed by atoms with Crippen molar-refractivity contribution < 1.29 is 29.4 Å². The third-order valence-electron chi connectivity index (χ3n) is 1.80. The van der Waals surface area contributed by atoms with Crippen LogP contribution >= 0.6 is 0 Å². The Balaban J connectivity index is 3.56. The van der Waals surface area contributed by atoms with Crippen LogP contribution in [0.1, 0.15) is 25.7 Å². The van der Waals surface area contributed by atoms with Crippen LogP contribution in [0, 0.1) is 0 Å². The van der Waals surface area contributed by atoms with E-state index in [0.29, 0.717) is 12.8 Å². The number of hydrogen-bond acceptors (Lipinski definition) is 7. The van der Waals surface area contributed by atoms with Crippen molar-refractivity contribution in [3.8, 4) is 0 Å². The van der Waals surface area contributed by atoms with E-state index >= 15 is 0 Å². The van der Waals surface area contributed by atoms with E-state index in [0.717, 1.165) is 12.8 Å². The molecule has 0 heterocycles. The summed E-state index contributed by atoms with van der Waals surface area (Å²) >= 11 is -2.46. The molecule has 0 N–H and O–H groups in total. The monoisotopic (exact) mass is 333 g/mol. The maximum Gasteiger partial charge on any atom is 0.390 e. The van der Waals surface area contributed by atoms with Gasteiger partial charge in [0.2, 0.25) is 8.32 Å². The Kier molecular flexibility index (Phi) is 9.23. The van der Waals surface area contributed by atoms with Crippen LogP contribution in [0.5, 0.6) is 0 Å². The van der Waals surface area contributed by atoms with Crippen LogP contribution in [0.25, 0.3) is 0 Å². The fourth-order valence-corrected chi connectivity index (χ4v) is 4.39. The Hall–Kier alpha value is 0.157. The highest BCUT2D eigenvalue weighted by Crippen LogP contribution is 2.10.